The minimum absolute atomic E-state index is 0.603. The molecule has 0 saturated carbocycles. The fourth-order valence-electron chi connectivity index (χ4n) is 1.14. The van der Waals surface area contributed by atoms with Crippen LogP contribution in [0.15, 0.2) is 24.3 Å². The van der Waals surface area contributed by atoms with Gasteiger partial charge in [-0.05, 0) is 25.6 Å². The quantitative estimate of drug-likeness (QED) is 0.751. The Hall–Kier alpha value is -0.860. The molecule has 0 heterocycles. The van der Waals surface area contributed by atoms with Crippen LogP contribution in [0.4, 0.5) is 0 Å². The van der Waals surface area contributed by atoms with E-state index in [-0.39, 0.29) is 0 Å². The van der Waals surface area contributed by atoms with Crippen molar-refractivity contribution in [2.45, 2.75) is 12.5 Å². The lowest BCUT2D eigenvalue weighted by Crippen LogP contribution is -2.38. The summed E-state index contributed by atoms with van der Waals surface area (Å²) in [7, 11) is 1.73. The van der Waals surface area contributed by atoms with Gasteiger partial charge in [-0.15, -0.1) is 0 Å². The maximum atomic E-state index is 10.9. The van der Waals surface area contributed by atoms with Gasteiger partial charge in [-0.1, -0.05) is 29.8 Å². The van der Waals surface area contributed by atoms with E-state index in [2.05, 4.69) is 5.32 Å². The number of rotatable bonds is 3. The molecule has 2 nitrogen and oxygen atoms in total. The van der Waals surface area contributed by atoms with Crippen molar-refractivity contribution >= 4 is 17.9 Å². The highest BCUT2D eigenvalue weighted by molar-refractivity contribution is 6.31. The second-order valence-electron chi connectivity index (χ2n) is 3.05. The monoisotopic (exact) mass is 197 g/mol. The third-order valence-corrected chi connectivity index (χ3v) is 2.52. The van der Waals surface area contributed by atoms with Crippen LogP contribution in [0.2, 0.25) is 5.02 Å². The second-order valence-corrected chi connectivity index (χ2v) is 3.46. The Labute approximate surface area is 82.9 Å². The summed E-state index contributed by atoms with van der Waals surface area (Å²) in [5, 5.41) is 3.54. The minimum atomic E-state index is -0.696. The molecule has 0 aliphatic heterocycles. The van der Waals surface area contributed by atoms with Crippen molar-refractivity contribution in [2.24, 2.45) is 0 Å². The van der Waals surface area contributed by atoms with Gasteiger partial charge < -0.3 is 10.1 Å². The lowest BCUT2D eigenvalue weighted by atomic mass is 9.94. The molecule has 1 rings (SSSR count). The highest BCUT2D eigenvalue weighted by atomic mass is 35.5. The molecule has 0 fully saturated rings. The van der Waals surface area contributed by atoms with Gasteiger partial charge in [-0.25, -0.2) is 0 Å². The van der Waals surface area contributed by atoms with Gasteiger partial charge in [0.2, 0.25) is 0 Å². The standard InChI is InChI=1S/C10H12ClNO/c1-10(7-13,12-2)8-5-3-4-6-9(8)11/h3-7,12H,1-2H3. The Morgan fingerprint density at radius 2 is 2.08 bits per heavy atom. The fourth-order valence-corrected chi connectivity index (χ4v) is 1.47. The lowest BCUT2D eigenvalue weighted by molar-refractivity contribution is -0.112. The highest BCUT2D eigenvalue weighted by Crippen LogP contribution is 2.25. The predicted octanol–water partition coefficient (Wildman–Crippen LogP) is 1.97. The van der Waals surface area contributed by atoms with Crippen molar-refractivity contribution in [3.05, 3.63) is 34.9 Å². The third kappa shape index (κ3) is 1.90. The first-order chi connectivity index (χ1) is 6.14. The summed E-state index contributed by atoms with van der Waals surface area (Å²) in [5.74, 6) is 0. The minimum Gasteiger partial charge on any atom is -0.305 e. The molecule has 1 N–H and O–H groups in total. The van der Waals surface area contributed by atoms with Crippen LogP contribution in [-0.2, 0) is 10.3 Å². The van der Waals surface area contributed by atoms with Gasteiger partial charge in [0.1, 0.15) is 6.29 Å². The molecular formula is C10H12ClNO. The summed E-state index contributed by atoms with van der Waals surface area (Å²) in [6.07, 6.45) is 0.855. The first-order valence-corrected chi connectivity index (χ1v) is 4.42. The van der Waals surface area contributed by atoms with Gasteiger partial charge >= 0.3 is 0 Å². The van der Waals surface area contributed by atoms with E-state index in [0.717, 1.165) is 11.8 Å². The number of hydrogen-bond donors (Lipinski definition) is 1. The van der Waals surface area contributed by atoms with E-state index in [4.69, 9.17) is 11.6 Å². The maximum absolute atomic E-state index is 10.9. The lowest BCUT2D eigenvalue weighted by Gasteiger charge is -2.23. The first-order valence-electron chi connectivity index (χ1n) is 4.04. The molecule has 0 amide bonds. The van der Waals surface area contributed by atoms with E-state index in [1.54, 1.807) is 20.0 Å². The zero-order chi connectivity index (χ0) is 9.90. The Kier molecular flexibility index (Phi) is 3.07. The Morgan fingerprint density at radius 3 is 2.54 bits per heavy atom. The molecule has 1 aromatic carbocycles. The molecule has 0 aliphatic rings. The second kappa shape index (κ2) is 3.90. The zero-order valence-corrected chi connectivity index (χ0v) is 8.43. The number of aldehydes is 1. The molecule has 3 heteroatoms. The molecule has 0 saturated heterocycles. The van der Waals surface area contributed by atoms with Crippen molar-refractivity contribution in [1.29, 1.82) is 0 Å². The van der Waals surface area contributed by atoms with Crippen LogP contribution in [-0.4, -0.2) is 13.3 Å². The van der Waals surface area contributed by atoms with Gasteiger partial charge in [0.25, 0.3) is 0 Å². The van der Waals surface area contributed by atoms with Crippen molar-refractivity contribution in [3.63, 3.8) is 0 Å². The van der Waals surface area contributed by atoms with Gasteiger partial charge in [-0.3, -0.25) is 0 Å². The van der Waals surface area contributed by atoms with E-state index < -0.39 is 5.54 Å². The molecule has 0 radical (unpaired) electrons. The predicted molar refractivity (Wildman–Crippen MR) is 53.9 cm³/mol. The van der Waals surface area contributed by atoms with E-state index in [9.17, 15) is 4.79 Å². The SMILES string of the molecule is CNC(C)(C=O)c1ccccc1Cl. The Bertz CT molecular complexity index is 314. The molecule has 70 valence electrons. The number of likely N-dealkylation sites (N-methyl/N-ethyl adjacent to an activating group) is 1. The summed E-state index contributed by atoms with van der Waals surface area (Å²) in [6, 6.07) is 7.32. The molecule has 0 aromatic heterocycles. The van der Waals surface area contributed by atoms with Crippen molar-refractivity contribution in [3.8, 4) is 0 Å². The topological polar surface area (TPSA) is 29.1 Å². The molecular weight excluding hydrogens is 186 g/mol. The Morgan fingerprint density at radius 1 is 1.46 bits per heavy atom. The van der Waals surface area contributed by atoms with Crippen LogP contribution < -0.4 is 5.32 Å². The normalized spacial score (nSPS) is 15.0. The molecule has 0 aliphatic carbocycles. The van der Waals surface area contributed by atoms with E-state index >= 15 is 0 Å². The summed E-state index contributed by atoms with van der Waals surface area (Å²) >= 11 is 5.97. The van der Waals surface area contributed by atoms with Gasteiger partial charge in [0.15, 0.2) is 0 Å². The number of hydrogen-bond acceptors (Lipinski definition) is 2. The number of nitrogens with one attached hydrogen (secondary N) is 1. The van der Waals surface area contributed by atoms with Crippen LogP contribution >= 0.6 is 11.6 Å². The molecule has 1 unspecified atom stereocenters. The molecule has 0 spiro atoms. The molecule has 1 aromatic rings. The van der Waals surface area contributed by atoms with Gasteiger partial charge in [-0.2, -0.15) is 0 Å². The molecule has 1 atom stereocenters. The highest BCUT2D eigenvalue weighted by Gasteiger charge is 2.25. The van der Waals surface area contributed by atoms with Gasteiger partial charge in [0, 0.05) is 5.02 Å². The third-order valence-electron chi connectivity index (χ3n) is 2.19. The molecule has 0 bridgehead atoms. The van der Waals surface area contributed by atoms with Crippen LogP contribution in [0.25, 0.3) is 0 Å². The maximum Gasteiger partial charge on any atom is 0.144 e. The van der Waals surface area contributed by atoms with Crippen molar-refractivity contribution in [1.82, 2.24) is 5.32 Å². The summed E-state index contributed by atoms with van der Waals surface area (Å²) < 4.78 is 0. The first kappa shape index (κ1) is 10.2. The average molecular weight is 198 g/mol. The average Bonchev–Trinajstić information content (AvgIpc) is 2.17. The number of carbonyl (C=O) groups excluding carboxylic acids is 1. The van der Waals surface area contributed by atoms with Crippen LogP contribution in [0.3, 0.4) is 0 Å². The number of benzene rings is 1. The smallest absolute Gasteiger partial charge is 0.144 e. The number of carbonyl (C=O) groups is 1. The van der Waals surface area contributed by atoms with E-state index in [1.807, 2.05) is 18.2 Å². The largest absolute Gasteiger partial charge is 0.305 e. The van der Waals surface area contributed by atoms with E-state index in [1.165, 1.54) is 0 Å². The number of halogens is 1. The van der Waals surface area contributed by atoms with Crippen LogP contribution in [0, 0.1) is 0 Å². The van der Waals surface area contributed by atoms with Crippen LogP contribution in [0.1, 0.15) is 12.5 Å². The zero-order valence-electron chi connectivity index (χ0n) is 7.67. The van der Waals surface area contributed by atoms with Crippen molar-refractivity contribution < 1.29 is 4.79 Å². The molecule has 13 heavy (non-hydrogen) atoms. The van der Waals surface area contributed by atoms with Crippen molar-refractivity contribution in [2.75, 3.05) is 7.05 Å². The Balaban J connectivity index is 3.19. The van der Waals surface area contributed by atoms with Gasteiger partial charge in [0.05, 0.1) is 5.54 Å². The van der Waals surface area contributed by atoms with Crippen LogP contribution in [0.5, 0.6) is 0 Å². The fraction of sp³-hybridized carbons (Fsp3) is 0.300. The summed E-state index contributed by atoms with van der Waals surface area (Å²) in [6.45, 7) is 1.79. The summed E-state index contributed by atoms with van der Waals surface area (Å²) in [5.41, 5.74) is 0.104. The van der Waals surface area contributed by atoms with E-state index in [0.29, 0.717) is 5.02 Å². The summed E-state index contributed by atoms with van der Waals surface area (Å²) in [4.78, 5) is 10.9.